The molecular weight excluding hydrogens is 276 g/mol. The van der Waals surface area contributed by atoms with Crippen molar-refractivity contribution in [2.75, 3.05) is 37.6 Å². The molecule has 0 spiro atoms. The Labute approximate surface area is 131 Å². The average Bonchev–Trinajstić information content (AvgIpc) is 3.18. The molecule has 1 aliphatic heterocycles. The molecule has 2 aromatic rings. The van der Waals surface area contributed by atoms with Gasteiger partial charge in [-0.1, -0.05) is 12.8 Å². The molecule has 6 nitrogen and oxygen atoms in total. The minimum atomic E-state index is 0.820. The van der Waals surface area contributed by atoms with Gasteiger partial charge in [-0.05, 0) is 37.8 Å². The van der Waals surface area contributed by atoms with E-state index in [1.165, 1.54) is 32.2 Å². The van der Waals surface area contributed by atoms with Crippen LogP contribution in [0, 0.1) is 12.8 Å². The summed E-state index contributed by atoms with van der Waals surface area (Å²) in [6, 6.07) is 4.07. The lowest BCUT2D eigenvalue weighted by Gasteiger charge is -2.36. The van der Waals surface area contributed by atoms with Crippen LogP contribution in [-0.2, 0) is 0 Å². The first-order valence-electron chi connectivity index (χ1n) is 8.46. The Balaban J connectivity index is 1.40. The van der Waals surface area contributed by atoms with Crippen LogP contribution in [0.2, 0.25) is 0 Å². The molecule has 22 heavy (non-hydrogen) atoms. The molecule has 6 heteroatoms. The van der Waals surface area contributed by atoms with E-state index >= 15 is 0 Å². The van der Waals surface area contributed by atoms with Gasteiger partial charge < -0.3 is 4.90 Å². The third-order valence-corrected chi connectivity index (χ3v) is 5.09. The molecule has 0 N–H and O–H groups in total. The topological polar surface area (TPSA) is 49.6 Å². The first-order valence-corrected chi connectivity index (χ1v) is 8.46. The summed E-state index contributed by atoms with van der Waals surface area (Å²) in [4.78, 5) is 5.01. The van der Waals surface area contributed by atoms with Crippen LogP contribution in [0.5, 0.6) is 0 Å². The summed E-state index contributed by atoms with van der Waals surface area (Å²) in [5.74, 6) is 2.83. The first-order chi connectivity index (χ1) is 10.8. The van der Waals surface area contributed by atoms with E-state index in [-0.39, 0.29) is 0 Å². The van der Waals surface area contributed by atoms with Crippen molar-refractivity contribution in [2.24, 2.45) is 5.92 Å². The van der Waals surface area contributed by atoms with Crippen LogP contribution in [0.25, 0.3) is 5.65 Å². The number of hydrogen-bond acceptors (Lipinski definition) is 5. The Morgan fingerprint density at radius 2 is 1.82 bits per heavy atom. The van der Waals surface area contributed by atoms with Gasteiger partial charge in [-0.25, -0.2) is 0 Å². The first kappa shape index (κ1) is 13.9. The van der Waals surface area contributed by atoms with Crippen LogP contribution in [0.3, 0.4) is 0 Å². The second kappa shape index (κ2) is 5.83. The third-order valence-electron chi connectivity index (χ3n) is 5.09. The number of piperazine rings is 1. The van der Waals surface area contributed by atoms with Gasteiger partial charge in [-0.3, -0.25) is 4.90 Å². The van der Waals surface area contributed by atoms with Gasteiger partial charge in [-0.2, -0.15) is 4.52 Å². The highest BCUT2D eigenvalue weighted by Gasteiger charge is 2.23. The Kier molecular flexibility index (Phi) is 3.70. The van der Waals surface area contributed by atoms with E-state index in [0.29, 0.717) is 0 Å². The van der Waals surface area contributed by atoms with Gasteiger partial charge >= 0.3 is 0 Å². The van der Waals surface area contributed by atoms with Crippen molar-refractivity contribution in [1.82, 2.24) is 24.7 Å². The minimum Gasteiger partial charge on any atom is -0.353 e. The van der Waals surface area contributed by atoms with E-state index in [9.17, 15) is 0 Å². The van der Waals surface area contributed by atoms with Gasteiger partial charge in [0.25, 0.3) is 0 Å². The molecular formula is C16H24N6. The quantitative estimate of drug-likeness (QED) is 0.864. The SMILES string of the molecule is Cc1nnc2ccc(N3CCN(CC4CCCC4)CC3)nn12. The molecule has 0 radical (unpaired) electrons. The van der Waals surface area contributed by atoms with Gasteiger partial charge in [0.05, 0.1) is 0 Å². The summed E-state index contributed by atoms with van der Waals surface area (Å²) in [6.07, 6.45) is 5.75. The normalized spacial score (nSPS) is 21.0. The van der Waals surface area contributed by atoms with E-state index in [4.69, 9.17) is 0 Å². The molecule has 2 fully saturated rings. The maximum atomic E-state index is 4.69. The zero-order valence-corrected chi connectivity index (χ0v) is 13.3. The smallest absolute Gasteiger partial charge is 0.178 e. The summed E-state index contributed by atoms with van der Waals surface area (Å²) in [7, 11) is 0. The lowest BCUT2D eigenvalue weighted by molar-refractivity contribution is 0.219. The molecule has 4 rings (SSSR count). The highest BCUT2D eigenvalue weighted by molar-refractivity contribution is 5.46. The zero-order chi connectivity index (χ0) is 14.9. The van der Waals surface area contributed by atoms with Crippen LogP contribution in [0.4, 0.5) is 5.82 Å². The van der Waals surface area contributed by atoms with Crippen molar-refractivity contribution < 1.29 is 0 Å². The average molecular weight is 300 g/mol. The Morgan fingerprint density at radius 3 is 2.59 bits per heavy atom. The molecule has 1 saturated heterocycles. The monoisotopic (exact) mass is 300 g/mol. The highest BCUT2D eigenvalue weighted by Crippen LogP contribution is 2.26. The molecule has 2 aliphatic rings. The third kappa shape index (κ3) is 2.67. The lowest BCUT2D eigenvalue weighted by Crippen LogP contribution is -2.48. The van der Waals surface area contributed by atoms with Crippen molar-refractivity contribution in [3.05, 3.63) is 18.0 Å². The predicted molar refractivity (Wildman–Crippen MR) is 86.1 cm³/mol. The van der Waals surface area contributed by atoms with Crippen LogP contribution < -0.4 is 4.90 Å². The molecule has 118 valence electrons. The van der Waals surface area contributed by atoms with Gasteiger partial charge in [0.1, 0.15) is 5.82 Å². The maximum Gasteiger partial charge on any atom is 0.178 e. The van der Waals surface area contributed by atoms with Gasteiger partial charge in [0.2, 0.25) is 0 Å². The molecule has 1 aliphatic carbocycles. The highest BCUT2D eigenvalue weighted by atomic mass is 15.4. The van der Waals surface area contributed by atoms with E-state index in [0.717, 1.165) is 49.4 Å². The fraction of sp³-hybridized carbons (Fsp3) is 0.688. The predicted octanol–water partition coefficient (Wildman–Crippen LogP) is 1.74. The lowest BCUT2D eigenvalue weighted by atomic mass is 10.1. The Hall–Kier alpha value is -1.69. The molecule has 0 unspecified atom stereocenters. The molecule has 2 aromatic heterocycles. The second-order valence-corrected chi connectivity index (χ2v) is 6.65. The van der Waals surface area contributed by atoms with Crippen molar-refractivity contribution in [1.29, 1.82) is 0 Å². The number of fused-ring (bicyclic) bond motifs is 1. The van der Waals surface area contributed by atoms with E-state index in [1.807, 2.05) is 17.5 Å². The summed E-state index contributed by atoms with van der Waals surface area (Å²) in [5.41, 5.74) is 0.820. The van der Waals surface area contributed by atoms with Crippen molar-refractivity contribution in [3.8, 4) is 0 Å². The molecule has 0 aromatic carbocycles. The molecule has 0 amide bonds. The van der Waals surface area contributed by atoms with Crippen molar-refractivity contribution >= 4 is 11.5 Å². The van der Waals surface area contributed by atoms with Crippen molar-refractivity contribution in [2.45, 2.75) is 32.6 Å². The summed E-state index contributed by atoms with van der Waals surface area (Å²) in [5, 5.41) is 12.9. The largest absolute Gasteiger partial charge is 0.353 e. The van der Waals surface area contributed by atoms with E-state index < -0.39 is 0 Å². The van der Waals surface area contributed by atoms with Crippen molar-refractivity contribution in [3.63, 3.8) is 0 Å². The van der Waals surface area contributed by atoms with Crippen LogP contribution in [-0.4, -0.2) is 57.4 Å². The number of aryl methyl sites for hydroxylation is 1. The molecule has 0 atom stereocenters. The molecule has 1 saturated carbocycles. The number of hydrogen-bond donors (Lipinski definition) is 0. The summed E-state index contributed by atoms with van der Waals surface area (Å²) in [6.45, 7) is 7.66. The fourth-order valence-corrected chi connectivity index (χ4v) is 3.77. The van der Waals surface area contributed by atoms with Gasteiger partial charge in [-0.15, -0.1) is 15.3 Å². The standard InChI is InChI=1S/C16H24N6/c1-13-17-18-15-6-7-16(19-22(13)15)21-10-8-20(9-11-21)12-14-4-2-3-5-14/h6-7,14H,2-5,8-12H2,1H3. The molecule has 0 bridgehead atoms. The summed E-state index contributed by atoms with van der Waals surface area (Å²) >= 11 is 0. The number of nitrogens with zero attached hydrogens (tertiary/aromatic N) is 6. The minimum absolute atomic E-state index is 0.820. The number of aromatic nitrogens is 4. The van der Waals surface area contributed by atoms with Crippen LogP contribution >= 0.6 is 0 Å². The Morgan fingerprint density at radius 1 is 1.05 bits per heavy atom. The number of anilines is 1. The number of rotatable bonds is 3. The molecule has 3 heterocycles. The summed E-state index contributed by atoms with van der Waals surface area (Å²) < 4.78 is 1.83. The van der Waals surface area contributed by atoms with Gasteiger partial charge in [0.15, 0.2) is 11.5 Å². The van der Waals surface area contributed by atoms with Crippen LogP contribution in [0.1, 0.15) is 31.5 Å². The zero-order valence-electron chi connectivity index (χ0n) is 13.3. The fourth-order valence-electron chi connectivity index (χ4n) is 3.77. The van der Waals surface area contributed by atoms with Crippen LogP contribution in [0.15, 0.2) is 12.1 Å². The Bertz CT molecular complexity index is 637. The van der Waals surface area contributed by atoms with E-state index in [1.54, 1.807) is 0 Å². The van der Waals surface area contributed by atoms with Gasteiger partial charge in [0, 0.05) is 32.7 Å². The van der Waals surface area contributed by atoms with E-state index in [2.05, 4.69) is 31.2 Å². The maximum absolute atomic E-state index is 4.69. The second-order valence-electron chi connectivity index (χ2n) is 6.65.